The zero-order chi connectivity index (χ0) is 17.9. The third-order valence-electron chi connectivity index (χ3n) is 8.59. The zero-order valence-electron chi connectivity index (χ0n) is 15.6. The molecule has 0 amide bonds. The minimum absolute atomic E-state index is 0.0459. The van der Waals surface area contributed by atoms with Crippen molar-refractivity contribution in [2.24, 2.45) is 28.6 Å². The van der Waals surface area contributed by atoms with Crippen LogP contribution in [0.25, 0.3) is 0 Å². The molecule has 3 nitrogen and oxygen atoms in total. The zero-order valence-corrected chi connectivity index (χ0v) is 15.6. The largest absolute Gasteiger partial charge is 0.396 e. The van der Waals surface area contributed by atoms with Crippen LogP contribution in [-0.4, -0.2) is 28.2 Å². The van der Waals surface area contributed by atoms with Gasteiger partial charge in [0.05, 0.1) is 5.60 Å². The van der Waals surface area contributed by atoms with E-state index in [1.54, 1.807) is 0 Å². The molecule has 2 saturated carbocycles. The second-order valence-corrected chi connectivity index (χ2v) is 9.49. The van der Waals surface area contributed by atoms with Crippen LogP contribution in [-0.2, 0) is 4.79 Å². The van der Waals surface area contributed by atoms with E-state index in [1.165, 1.54) is 5.57 Å². The smallest absolute Gasteiger partial charge is 0.156 e. The number of carbonyl (C=O) groups is 1. The molecule has 0 unspecified atom stereocenters. The van der Waals surface area contributed by atoms with Crippen LogP contribution >= 0.6 is 0 Å². The lowest BCUT2D eigenvalue weighted by Gasteiger charge is -2.57. The fourth-order valence-electron chi connectivity index (χ4n) is 6.89. The van der Waals surface area contributed by atoms with E-state index in [9.17, 15) is 15.0 Å². The quantitative estimate of drug-likeness (QED) is 0.819. The van der Waals surface area contributed by atoms with Gasteiger partial charge in [-0.15, -0.1) is 0 Å². The van der Waals surface area contributed by atoms with E-state index in [0.717, 1.165) is 32.1 Å². The van der Waals surface area contributed by atoms with Crippen molar-refractivity contribution in [3.63, 3.8) is 0 Å². The van der Waals surface area contributed by atoms with Gasteiger partial charge in [0.1, 0.15) is 0 Å². The molecule has 0 saturated heterocycles. The summed E-state index contributed by atoms with van der Waals surface area (Å²) in [6.45, 7) is 4.82. The lowest BCUT2D eigenvalue weighted by atomic mass is 9.48. The van der Waals surface area contributed by atoms with E-state index in [4.69, 9.17) is 0 Å². The molecule has 0 aromatic rings. The second kappa shape index (κ2) is 5.79. The molecule has 0 bridgehead atoms. The fourth-order valence-corrected chi connectivity index (χ4v) is 6.89. The molecule has 25 heavy (non-hydrogen) atoms. The van der Waals surface area contributed by atoms with Gasteiger partial charge in [0, 0.05) is 13.0 Å². The third kappa shape index (κ3) is 2.35. The van der Waals surface area contributed by atoms with E-state index >= 15 is 0 Å². The summed E-state index contributed by atoms with van der Waals surface area (Å²) in [6.07, 6.45) is 13.7. The molecule has 0 aliphatic heterocycles. The minimum Gasteiger partial charge on any atom is -0.396 e. The van der Waals surface area contributed by atoms with Crippen molar-refractivity contribution in [3.8, 4) is 0 Å². The average molecular weight is 344 g/mol. The Kier molecular flexibility index (Phi) is 4.05. The number of carbonyl (C=O) groups excluding carboxylic acids is 1. The van der Waals surface area contributed by atoms with E-state index < -0.39 is 5.60 Å². The average Bonchev–Trinajstić information content (AvgIpc) is 2.85. The van der Waals surface area contributed by atoms with Gasteiger partial charge in [0.15, 0.2) is 5.78 Å². The van der Waals surface area contributed by atoms with Gasteiger partial charge in [-0.3, -0.25) is 4.79 Å². The van der Waals surface area contributed by atoms with Gasteiger partial charge < -0.3 is 10.2 Å². The number of ketones is 1. The van der Waals surface area contributed by atoms with Crippen molar-refractivity contribution < 1.29 is 15.0 Å². The SMILES string of the molecule is C[C@]12CCC(=O)C=C1C=C[C@@H]1[C@@H]2CC[C@@]2(C)[C@H]1CC[C@@]2(O)CCCO. The molecule has 0 heterocycles. The predicted molar refractivity (Wildman–Crippen MR) is 97.9 cm³/mol. The van der Waals surface area contributed by atoms with Crippen LogP contribution in [0.5, 0.6) is 0 Å². The molecule has 6 atom stereocenters. The third-order valence-corrected chi connectivity index (χ3v) is 8.59. The second-order valence-electron chi connectivity index (χ2n) is 9.49. The summed E-state index contributed by atoms with van der Waals surface area (Å²) in [5.74, 6) is 1.89. The van der Waals surface area contributed by atoms with Crippen molar-refractivity contribution in [2.45, 2.75) is 70.8 Å². The first-order valence-electron chi connectivity index (χ1n) is 10.1. The van der Waals surface area contributed by atoms with Crippen LogP contribution < -0.4 is 0 Å². The van der Waals surface area contributed by atoms with Crippen molar-refractivity contribution in [3.05, 3.63) is 23.8 Å². The topological polar surface area (TPSA) is 57.5 Å². The van der Waals surface area contributed by atoms with E-state index in [2.05, 4.69) is 26.0 Å². The molecule has 4 rings (SSSR count). The first kappa shape index (κ1) is 17.5. The lowest BCUT2D eigenvalue weighted by molar-refractivity contribution is -0.122. The number of hydrogen-bond donors (Lipinski definition) is 2. The number of allylic oxidation sites excluding steroid dienone is 4. The molecule has 0 spiro atoms. The number of hydrogen-bond acceptors (Lipinski definition) is 3. The molecular weight excluding hydrogens is 312 g/mol. The molecular formula is C22H32O3. The molecule has 0 radical (unpaired) electrons. The molecule has 2 fully saturated rings. The Morgan fingerprint density at radius 2 is 1.92 bits per heavy atom. The summed E-state index contributed by atoms with van der Waals surface area (Å²) in [7, 11) is 0. The Labute approximate surface area is 151 Å². The Hall–Kier alpha value is -0.930. The first-order valence-corrected chi connectivity index (χ1v) is 10.1. The lowest BCUT2D eigenvalue weighted by Crippen LogP contribution is -2.53. The number of rotatable bonds is 3. The van der Waals surface area contributed by atoms with Crippen molar-refractivity contribution in [1.29, 1.82) is 0 Å². The Bertz CT molecular complexity index is 635. The van der Waals surface area contributed by atoms with Crippen LogP contribution in [0.4, 0.5) is 0 Å². The maximum Gasteiger partial charge on any atom is 0.156 e. The Morgan fingerprint density at radius 3 is 2.68 bits per heavy atom. The first-order chi connectivity index (χ1) is 11.8. The number of fused-ring (bicyclic) bond motifs is 5. The van der Waals surface area contributed by atoms with Gasteiger partial charge >= 0.3 is 0 Å². The van der Waals surface area contributed by atoms with Crippen LogP contribution in [0, 0.1) is 28.6 Å². The van der Waals surface area contributed by atoms with E-state index in [-0.39, 0.29) is 23.2 Å². The molecule has 3 heteroatoms. The molecule has 0 aromatic heterocycles. The molecule has 0 aromatic carbocycles. The highest BCUT2D eigenvalue weighted by Gasteiger charge is 2.62. The van der Waals surface area contributed by atoms with Gasteiger partial charge in [-0.1, -0.05) is 26.0 Å². The summed E-state index contributed by atoms with van der Waals surface area (Å²) >= 11 is 0. The summed E-state index contributed by atoms with van der Waals surface area (Å²) in [5.41, 5.74) is 0.691. The van der Waals surface area contributed by atoms with Crippen LogP contribution in [0.1, 0.15) is 65.2 Å². The molecule has 4 aliphatic carbocycles. The fraction of sp³-hybridized carbons (Fsp3) is 0.773. The van der Waals surface area contributed by atoms with Gasteiger partial charge in [-0.2, -0.15) is 0 Å². The van der Waals surface area contributed by atoms with Gasteiger partial charge in [0.25, 0.3) is 0 Å². The van der Waals surface area contributed by atoms with Crippen molar-refractivity contribution in [2.75, 3.05) is 6.61 Å². The monoisotopic (exact) mass is 344 g/mol. The summed E-state index contributed by atoms with van der Waals surface area (Å²) in [6, 6.07) is 0. The van der Waals surface area contributed by atoms with Gasteiger partial charge in [-0.05, 0) is 85.2 Å². The number of aliphatic hydroxyl groups is 2. The molecule has 2 N–H and O–H groups in total. The van der Waals surface area contributed by atoms with Crippen LogP contribution in [0.3, 0.4) is 0 Å². The maximum absolute atomic E-state index is 11.9. The number of aliphatic hydroxyl groups excluding tert-OH is 1. The standard InChI is InChI=1S/C22H32O3/c1-20-10-6-16(24)14-15(20)4-5-17-18(20)7-11-21(2)19(17)8-12-22(21,25)9-3-13-23/h4-5,14,17-19,23,25H,3,6-13H2,1-2H3/t17-,18+,19+,20+,21+,22+/m1/s1. The summed E-state index contributed by atoms with van der Waals surface area (Å²) in [5, 5.41) is 20.6. The minimum atomic E-state index is -0.626. The van der Waals surface area contributed by atoms with Crippen LogP contribution in [0.2, 0.25) is 0 Å². The maximum atomic E-state index is 11.9. The molecule has 138 valence electrons. The highest BCUT2D eigenvalue weighted by atomic mass is 16.3. The van der Waals surface area contributed by atoms with E-state index in [1.807, 2.05) is 6.08 Å². The Balaban J connectivity index is 1.67. The summed E-state index contributed by atoms with van der Waals surface area (Å²) in [4.78, 5) is 11.9. The molecule has 4 aliphatic rings. The Morgan fingerprint density at radius 1 is 1.16 bits per heavy atom. The normalized spacial score (nSPS) is 48.6. The van der Waals surface area contributed by atoms with Crippen LogP contribution in [0.15, 0.2) is 23.8 Å². The van der Waals surface area contributed by atoms with E-state index in [0.29, 0.717) is 37.0 Å². The predicted octanol–water partition coefficient (Wildman–Crippen LogP) is 3.80. The van der Waals surface area contributed by atoms with Crippen molar-refractivity contribution in [1.82, 2.24) is 0 Å². The summed E-state index contributed by atoms with van der Waals surface area (Å²) < 4.78 is 0. The van der Waals surface area contributed by atoms with Gasteiger partial charge in [0.2, 0.25) is 0 Å². The highest BCUT2D eigenvalue weighted by molar-refractivity contribution is 5.92. The highest BCUT2D eigenvalue weighted by Crippen LogP contribution is 2.66. The van der Waals surface area contributed by atoms with Crippen molar-refractivity contribution >= 4 is 5.78 Å². The van der Waals surface area contributed by atoms with Gasteiger partial charge in [-0.25, -0.2) is 0 Å².